The monoisotopic (exact) mass is 289 g/mol. The molecule has 0 unspecified atom stereocenters. The maximum Gasteiger partial charge on any atom is 0.433 e. The molecule has 7 nitrogen and oxygen atoms in total. The average molecular weight is 290 g/mol. The van der Waals surface area contributed by atoms with Crippen molar-refractivity contribution in [3.63, 3.8) is 0 Å². The Balaban J connectivity index is 0.00000180. The number of carbonyl (C=O) groups excluding carboxylic acids is 1. The van der Waals surface area contributed by atoms with Crippen LogP contribution in [-0.2, 0) is 0 Å². The van der Waals surface area contributed by atoms with Gasteiger partial charge < -0.3 is 15.1 Å². The molecule has 0 aliphatic carbocycles. The van der Waals surface area contributed by atoms with Crippen molar-refractivity contribution in [2.24, 2.45) is 0 Å². The minimum Gasteiger partial charge on any atom is -0.395 e. The summed E-state index contributed by atoms with van der Waals surface area (Å²) in [7, 11) is 0. The molecule has 1 saturated heterocycles. The van der Waals surface area contributed by atoms with E-state index in [1.165, 1.54) is 18.6 Å². The van der Waals surface area contributed by atoms with Gasteiger partial charge in [0.15, 0.2) is 5.76 Å². The molecule has 0 aromatic carbocycles. The maximum absolute atomic E-state index is 11.6. The standard InChI is InChI=1S/C11H15N3O4.ClH/c15-11(9-3-4-10(18-9)14(16)17)13-7-5-8-2-1-6-12-8;/h3-4,8,12H,1-2,5-7H2,(H,13,15);1H/t8-;/m1./s1. The van der Waals surface area contributed by atoms with Gasteiger partial charge in [-0.1, -0.05) is 0 Å². The van der Waals surface area contributed by atoms with Gasteiger partial charge in [-0.2, -0.15) is 0 Å². The van der Waals surface area contributed by atoms with Gasteiger partial charge in [0.25, 0.3) is 5.91 Å². The van der Waals surface area contributed by atoms with Crippen LogP contribution in [0.4, 0.5) is 5.88 Å². The molecule has 1 aliphatic heterocycles. The van der Waals surface area contributed by atoms with Crippen LogP contribution in [0.5, 0.6) is 0 Å². The Morgan fingerprint density at radius 1 is 1.58 bits per heavy atom. The quantitative estimate of drug-likeness (QED) is 0.632. The molecule has 2 rings (SSSR count). The maximum atomic E-state index is 11.6. The van der Waals surface area contributed by atoms with Crippen LogP contribution in [0.3, 0.4) is 0 Å². The van der Waals surface area contributed by atoms with E-state index in [0.29, 0.717) is 12.6 Å². The normalized spacial score (nSPS) is 17.8. The first kappa shape index (κ1) is 15.5. The minimum atomic E-state index is -0.667. The van der Waals surface area contributed by atoms with Crippen molar-refractivity contribution in [2.75, 3.05) is 13.1 Å². The molecule has 1 amide bonds. The number of nitrogens with one attached hydrogen (secondary N) is 2. The lowest BCUT2D eigenvalue weighted by molar-refractivity contribution is -0.402. The molecular formula is C11H16ClN3O4. The van der Waals surface area contributed by atoms with E-state index < -0.39 is 16.7 Å². The van der Waals surface area contributed by atoms with Gasteiger partial charge in [-0.05, 0) is 31.9 Å². The van der Waals surface area contributed by atoms with Gasteiger partial charge in [0.1, 0.15) is 4.92 Å². The molecule has 1 aliphatic rings. The molecule has 1 atom stereocenters. The fourth-order valence-electron chi connectivity index (χ4n) is 2.00. The first-order chi connectivity index (χ1) is 8.66. The van der Waals surface area contributed by atoms with E-state index >= 15 is 0 Å². The van der Waals surface area contributed by atoms with Crippen LogP contribution in [0.1, 0.15) is 29.8 Å². The second-order valence-corrected chi connectivity index (χ2v) is 4.23. The van der Waals surface area contributed by atoms with E-state index in [4.69, 9.17) is 4.42 Å². The van der Waals surface area contributed by atoms with Gasteiger partial charge in [-0.3, -0.25) is 14.9 Å². The number of halogens is 1. The van der Waals surface area contributed by atoms with Crippen LogP contribution in [0.25, 0.3) is 0 Å². The summed E-state index contributed by atoms with van der Waals surface area (Å²) in [6.07, 6.45) is 3.15. The third-order valence-electron chi connectivity index (χ3n) is 2.94. The lowest BCUT2D eigenvalue weighted by Crippen LogP contribution is -2.30. The second kappa shape index (κ2) is 7.10. The summed E-state index contributed by atoms with van der Waals surface area (Å²) in [5.74, 6) is -0.861. The SMILES string of the molecule is Cl.O=C(NCC[C@H]1CCCN1)c1ccc([N+](=O)[O-])o1. The van der Waals surface area contributed by atoms with Crippen LogP contribution in [0.15, 0.2) is 16.5 Å². The van der Waals surface area contributed by atoms with Gasteiger partial charge >= 0.3 is 5.88 Å². The number of hydrogen-bond acceptors (Lipinski definition) is 5. The fourth-order valence-corrected chi connectivity index (χ4v) is 2.00. The number of hydrogen-bond donors (Lipinski definition) is 2. The van der Waals surface area contributed by atoms with Crippen molar-refractivity contribution >= 4 is 24.2 Å². The summed E-state index contributed by atoms with van der Waals surface area (Å²) in [6, 6.07) is 2.94. The Kier molecular flexibility index (Phi) is 5.78. The van der Waals surface area contributed by atoms with E-state index in [-0.39, 0.29) is 18.2 Å². The van der Waals surface area contributed by atoms with E-state index in [9.17, 15) is 14.9 Å². The zero-order valence-corrected chi connectivity index (χ0v) is 11.1. The van der Waals surface area contributed by atoms with Crippen molar-refractivity contribution < 1.29 is 14.1 Å². The van der Waals surface area contributed by atoms with Crippen LogP contribution < -0.4 is 10.6 Å². The third kappa shape index (κ3) is 4.22. The first-order valence-electron chi connectivity index (χ1n) is 5.92. The number of nitrogens with zero attached hydrogens (tertiary/aromatic N) is 1. The predicted molar refractivity (Wildman–Crippen MR) is 70.6 cm³/mol. The average Bonchev–Trinajstić information content (AvgIpc) is 2.99. The van der Waals surface area contributed by atoms with Gasteiger partial charge in [0, 0.05) is 12.6 Å². The molecule has 8 heteroatoms. The second-order valence-electron chi connectivity index (χ2n) is 4.23. The zero-order chi connectivity index (χ0) is 13.0. The van der Waals surface area contributed by atoms with E-state index in [2.05, 4.69) is 10.6 Å². The Bertz CT molecular complexity index is 443. The van der Waals surface area contributed by atoms with Crippen LogP contribution >= 0.6 is 12.4 Å². The molecule has 1 aromatic rings. The lowest BCUT2D eigenvalue weighted by Gasteiger charge is -2.09. The number of nitro groups is 1. The van der Waals surface area contributed by atoms with Crippen molar-refractivity contribution in [1.29, 1.82) is 0 Å². The van der Waals surface area contributed by atoms with Gasteiger partial charge in [-0.15, -0.1) is 12.4 Å². The highest BCUT2D eigenvalue weighted by Gasteiger charge is 2.18. The molecule has 0 bridgehead atoms. The van der Waals surface area contributed by atoms with Crippen molar-refractivity contribution in [2.45, 2.75) is 25.3 Å². The van der Waals surface area contributed by atoms with Crippen LogP contribution in [0.2, 0.25) is 0 Å². The van der Waals surface area contributed by atoms with E-state index in [1.807, 2.05) is 0 Å². The smallest absolute Gasteiger partial charge is 0.395 e. The highest BCUT2D eigenvalue weighted by molar-refractivity contribution is 5.91. The van der Waals surface area contributed by atoms with E-state index in [1.54, 1.807) is 0 Å². The number of furan rings is 1. The molecule has 2 heterocycles. The minimum absolute atomic E-state index is 0. The Morgan fingerprint density at radius 2 is 2.37 bits per heavy atom. The predicted octanol–water partition coefficient (Wildman–Crippen LogP) is 1.48. The van der Waals surface area contributed by atoms with Gasteiger partial charge in [-0.25, -0.2) is 0 Å². The molecule has 0 saturated carbocycles. The largest absolute Gasteiger partial charge is 0.433 e. The molecule has 19 heavy (non-hydrogen) atoms. The van der Waals surface area contributed by atoms with Crippen LogP contribution in [-0.4, -0.2) is 30.0 Å². The molecule has 0 radical (unpaired) electrons. The Labute approximate surface area is 116 Å². The molecule has 1 aromatic heterocycles. The number of rotatable bonds is 5. The van der Waals surface area contributed by atoms with E-state index in [0.717, 1.165) is 19.4 Å². The summed E-state index contributed by atoms with van der Waals surface area (Å²) in [4.78, 5) is 21.3. The number of amides is 1. The third-order valence-corrected chi connectivity index (χ3v) is 2.94. The van der Waals surface area contributed by atoms with Gasteiger partial charge in [0.05, 0.1) is 6.07 Å². The summed E-state index contributed by atoms with van der Waals surface area (Å²) in [5, 5.41) is 16.4. The highest BCUT2D eigenvalue weighted by atomic mass is 35.5. The zero-order valence-electron chi connectivity index (χ0n) is 10.3. The van der Waals surface area contributed by atoms with Crippen molar-refractivity contribution in [3.05, 3.63) is 28.0 Å². The molecule has 106 valence electrons. The number of carbonyl (C=O) groups is 1. The summed E-state index contributed by atoms with van der Waals surface area (Å²) in [6.45, 7) is 1.56. The summed E-state index contributed by atoms with van der Waals surface area (Å²) >= 11 is 0. The Morgan fingerprint density at radius 3 is 2.95 bits per heavy atom. The van der Waals surface area contributed by atoms with Crippen molar-refractivity contribution in [3.8, 4) is 0 Å². The summed E-state index contributed by atoms with van der Waals surface area (Å²) in [5.41, 5.74) is 0. The van der Waals surface area contributed by atoms with Gasteiger partial charge in [0.2, 0.25) is 0 Å². The fraction of sp³-hybridized carbons (Fsp3) is 0.545. The molecule has 0 spiro atoms. The molecule has 2 N–H and O–H groups in total. The molecular weight excluding hydrogens is 274 g/mol. The lowest BCUT2D eigenvalue weighted by atomic mass is 10.1. The highest BCUT2D eigenvalue weighted by Crippen LogP contribution is 2.15. The molecule has 1 fully saturated rings. The first-order valence-corrected chi connectivity index (χ1v) is 5.92. The Hall–Kier alpha value is -1.60. The topological polar surface area (TPSA) is 97.4 Å². The summed E-state index contributed by atoms with van der Waals surface area (Å²) < 4.78 is 4.80. The van der Waals surface area contributed by atoms with Crippen LogP contribution in [0, 0.1) is 10.1 Å². The van der Waals surface area contributed by atoms with Crippen molar-refractivity contribution in [1.82, 2.24) is 10.6 Å².